The Morgan fingerprint density at radius 1 is 1.00 bits per heavy atom. The highest BCUT2D eigenvalue weighted by atomic mass is 35.5. The van der Waals surface area contributed by atoms with Gasteiger partial charge in [0.05, 0.1) is 10.7 Å². The first-order valence-electron chi connectivity index (χ1n) is 7.41. The average molecular weight is 317 g/mol. The van der Waals surface area contributed by atoms with Gasteiger partial charge in [0, 0.05) is 6.54 Å². The van der Waals surface area contributed by atoms with Crippen LogP contribution in [0.1, 0.15) is 46.2 Å². The van der Waals surface area contributed by atoms with Crippen molar-refractivity contribution in [3.63, 3.8) is 0 Å². The number of hydrogen-bond acceptors (Lipinski definition) is 2. The molecular formula is C16H26Cl2N2. The van der Waals surface area contributed by atoms with Crippen LogP contribution in [0.2, 0.25) is 10.2 Å². The highest BCUT2D eigenvalue weighted by Gasteiger charge is 2.12. The van der Waals surface area contributed by atoms with Crippen LogP contribution in [0.4, 0.5) is 0 Å². The summed E-state index contributed by atoms with van der Waals surface area (Å²) in [5.41, 5.74) is 0.881. The first-order chi connectivity index (χ1) is 9.38. The summed E-state index contributed by atoms with van der Waals surface area (Å²) in [7, 11) is 0. The molecule has 0 aromatic carbocycles. The van der Waals surface area contributed by atoms with Gasteiger partial charge in [-0.1, -0.05) is 50.9 Å². The molecule has 0 atom stereocenters. The lowest BCUT2D eigenvalue weighted by Gasteiger charge is -2.24. The average Bonchev–Trinajstić information content (AvgIpc) is 2.36. The Balaban J connectivity index is 2.68. The van der Waals surface area contributed by atoms with Gasteiger partial charge in [0.15, 0.2) is 0 Å². The minimum absolute atomic E-state index is 0.511. The molecule has 2 nitrogen and oxygen atoms in total. The van der Waals surface area contributed by atoms with Gasteiger partial charge in [-0.05, 0) is 49.9 Å². The molecule has 0 unspecified atom stereocenters. The second-order valence-electron chi connectivity index (χ2n) is 6.20. The van der Waals surface area contributed by atoms with Crippen LogP contribution in [0.3, 0.4) is 0 Å². The van der Waals surface area contributed by atoms with Crippen LogP contribution in [0, 0.1) is 11.8 Å². The van der Waals surface area contributed by atoms with E-state index >= 15 is 0 Å². The van der Waals surface area contributed by atoms with E-state index in [1.807, 2.05) is 6.07 Å². The summed E-state index contributed by atoms with van der Waals surface area (Å²) in [5.74, 6) is 1.42. The molecule has 0 spiro atoms. The molecule has 0 saturated carbocycles. The predicted molar refractivity (Wildman–Crippen MR) is 88.4 cm³/mol. The van der Waals surface area contributed by atoms with Crippen molar-refractivity contribution in [3.05, 3.63) is 28.0 Å². The van der Waals surface area contributed by atoms with Crippen molar-refractivity contribution in [1.29, 1.82) is 0 Å². The second-order valence-corrected chi connectivity index (χ2v) is 7.00. The zero-order valence-electron chi connectivity index (χ0n) is 13.0. The van der Waals surface area contributed by atoms with Crippen LogP contribution < -0.4 is 0 Å². The smallest absolute Gasteiger partial charge is 0.129 e. The summed E-state index contributed by atoms with van der Waals surface area (Å²) in [6, 6.07) is 3.56. The monoisotopic (exact) mass is 316 g/mol. The van der Waals surface area contributed by atoms with Gasteiger partial charge in [0.25, 0.3) is 0 Å². The van der Waals surface area contributed by atoms with E-state index in [2.05, 4.69) is 37.6 Å². The molecule has 0 aliphatic rings. The van der Waals surface area contributed by atoms with Gasteiger partial charge < -0.3 is 0 Å². The number of rotatable bonds is 8. The van der Waals surface area contributed by atoms with Gasteiger partial charge in [0.2, 0.25) is 0 Å². The third-order valence-electron chi connectivity index (χ3n) is 3.30. The van der Waals surface area contributed by atoms with E-state index in [9.17, 15) is 0 Å². The topological polar surface area (TPSA) is 16.1 Å². The maximum atomic E-state index is 6.22. The second kappa shape index (κ2) is 8.86. The zero-order valence-corrected chi connectivity index (χ0v) is 14.5. The molecular weight excluding hydrogens is 291 g/mol. The maximum Gasteiger partial charge on any atom is 0.129 e. The fraction of sp³-hybridized carbons (Fsp3) is 0.688. The Bertz CT molecular complexity index is 393. The highest BCUT2D eigenvalue weighted by Crippen LogP contribution is 2.19. The summed E-state index contributed by atoms with van der Waals surface area (Å²) >= 11 is 12.2. The Labute approximate surface area is 133 Å². The first kappa shape index (κ1) is 17.7. The van der Waals surface area contributed by atoms with E-state index in [4.69, 9.17) is 23.2 Å². The lowest BCUT2D eigenvalue weighted by Crippen LogP contribution is -2.28. The highest BCUT2D eigenvalue weighted by molar-refractivity contribution is 6.32. The lowest BCUT2D eigenvalue weighted by molar-refractivity contribution is 0.233. The predicted octanol–water partition coefficient (Wildman–Crippen LogP) is 5.28. The van der Waals surface area contributed by atoms with Crippen molar-refractivity contribution in [2.75, 3.05) is 13.1 Å². The molecule has 0 saturated heterocycles. The summed E-state index contributed by atoms with van der Waals surface area (Å²) in [5, 5.41) is 1.21. The van der Waals surface area contributed by atoms with Crippen LogP contribution >= 0.6 is 23.2 Å². The van der Waals surface area contributed by atoms with Crippen LogP contribution in [0.5, 0.6) is 0 Å². The number of nitrogens with zero attached hydrogens (tertiary/aromatic N) is 2. The number of pyridine rings is 1. The standard InChI is InChI=1S/C16H26Cl2N2/c1-12(2)7-9-20(10-8-13(3)4)11-15-14(17)5-6-16(18)19-15/h5-6,12-13H,7-11H2,1-4H3. The number of aromatic nitrogens is 1. The van der Waals surface area contributed by atoms with Crippen molar-refractivity contribution in [2.24, 2.45) is 11.8 Å². The summed E-state index contributed by atoms with van der Waals surface area (Å²) in [4.78, 5) is 6.79. The van der Waals surface area contributed by atoms with Gasteiger partial charge in [0.1, 0.15) is 5.15 Å². The molecule has 20 heavy (non-hydrogen) atoms. The van der Waals surface area contributed by atoms with Crippen molar-refractivity contribution < 1.29 is 0 Å². The SMILES string of the molecule is CC(C)CCN(CCC(C)C)Cc1nc(Cl)ccc1Cl. The Kier molecular flexibility index (Phi) is 7.86. The van der Waals surface area contributed by atoms with Gasteiger partial charge in [-0.15, -0.1) is 0 Å². The van der Waals surface area contributed by atoms with E-state index in [1.165, 1.54) is 12.8 Å². The fourth-order valence-corrected chi connectivity index (χ4v) is 2.26. The van der Waals surface area contributed by atoms with E-state index in [1.54, 1.807) is 6.07 Å². The molecule has 1 aromatic heterocycles. The van der Waals surface area contributed by atoms with Gasteiger partial charge in [-0.2, -0.15) is 0 Å². The van der Waals surface area contributed by atoms with Gasteiger partial charge in [-0.25, -0.2) is 4.98 Å². The molecule has 1 heterocycles. The molecule has 0 N–H and O–H groups in total. The number of halogens is 2. The summed E-state index contributed by atoms with van der Waals surface area (Å²) in [6.07, 6.45) is 2.38. The van der Waals surface area contributed by atoms with Crippen LogP contribution in [0.25, 0.3) is 0 Å². The molecule has 0 fully saturated rings. The van der Waals surface area contributed by atoms with Crippen LogP contribution in [-0.4, -0.2) is 23.0 Å². The molecule has 0 bridgehead atoms. The summed E-state index contributed by atoms with van der Waals surface area (Å²) < 4.78 is 0. The normalized spacial score (nSPS) is 11.8. The fourth-order valence-electron chi connectivity index (χ4n) is 1.93. The van der Waals surface area contributed by atoms with Gasteiger partial charge in [-0.3, -0.25) is 4.90 Å². The van der Waals surface area contributed by atoms with Gasteiger partial charge >= 0.3 is 0 Å². The molecule has 0 radical (unpaired) electrons. The molecule has 1 rings (SSSR count). The molecule has 0 amide bonds. The van der Waals surface area contributed by atoms with Crippen LogP contribution in [-0.2, 0) is 6.54 Å². The van der Waals surface area contributed by atoms with Crippen molar-refractivity contribution in [1.82, 2.24) is 9.88 Å². The van der Waals surface area contributed by atoms with E-state index < -0.39 is 0 Å². The minimum Gasteiger partial charge on any atom is -0.297 e. The Morgan fingerprint density at radius 2 is 1.55 bits per heavy atom. The largest absolute Gasteiger partial charge is 0.297 e. The van der Waals surface area contributed by atoms with E-state index in [-0.39, 0.29) is 0 Å². The molecule has 0 aliphatic carbocycles. The van der Waals surface area contributed by atoms with Crippen molar-refractivity contribution in [3.8, 4) is 0 Å². The Hall–Kier alpha value is -0.310. The molecule has 1 aromatic rings. The van der Waals surface area contributed by atoms with E-state index in [0.717, 1.165) is 25.3 Å². The van der Waals surface area contributed by atoms with Crippen molar-refractivity contribution >= 4 is 23.2 Å². The third-order valence-corrected chi connectivity index (χ3v) is 3.86. The minimum atomic E-state index is 0.511. The third kappa shape index (κ3) is 6.92. The molecule has 4 heteroatoms. The van der Waals surface area contributed by atoms with Crippen molar-refractivity contribution in [2.45, 2.75) is 47.1 Å². The Morgan fingerprint density at radius 3 is 2.05 bits per heavy atom. The number of hydrogen-bond donors (Lipinski definition) is 0. The molecule has 0 aliphatic heterocycles. The summed E-state index contributed by atoms with van der Waals surface area (Å²) in [6.45, 7) is 12.0. The first-order valence-corrected chi connectivity index (χ1v) is 8.17. The lowest BCUT2D eigenvalue weighted by atomic mass is 10.1. The zero-order chi connectivity index (χ0) is 15.1. The quantitative estimate of drug-likeness (QED) is 0.606. The van der Waals surface area contributed by atoms with Crippen LogP contribution in [0.15, 0.2) is 12.1 Å². The van der Waals surface area contributed by atoms with E-state index in [0.29, 0.717) is 22.0 Å². The maximum absolute atomic E-state index is 6.22. The molecule has 114 valence electrons.